The number of rotatable bonds is 3. The van der Waals surface area contributed by atoms with Gasteiger partial charge in [0.05, 0.1) is 23.7 Å². The van der Waals surface area contributed by atoms with Crippen molar-refractivity contribution in [2.24, 2.45) is 4.99 Å². The van der Waals surface area contributed by atoms with Crippen LogP contribution in [0.1, 0.15) is 4.88 Å². The summed E-state index contributed by atoms with van der Waals surface area (Å²) in [5, 5.41) is 11.8. The van der Waals surface area contributed by atoms with E-state index >= 15 is 0 Å². The quantitative estimate of drug-likeness (QED) is 0.762. The number of benzene rings is 2. The first-order valence-electron chi connectivity index (χ1n) is 7.42. The fraction of sp³-hybridized carbons (Fsp3) is 0.0556. The number of thiazole rings is 1. The molecule has 0 saturated carbocycles. The largest absolute Gasteiger partial charge is 0.497 e. The standard InChI is InChI=1S/C18H12N2O4S/c1-24-11-6-4-5-10(9-11)20-17(22)15(25-18(20)23)14-12-7-2-3-8-13(12)19-16(14)21/h2-9,22H,1H3. The van der Waals surface area contributed by atoms with Crippen LogP contribution in [-0.2, 0) is 4.79 Å². The highest BCUT2D eigenvalue weighted by atomic mass is 32.1. The van der Waals surface area contributed by atoms with Crippen molar-refractivity contribution in [1.82, 2.24) is 4.57 Å². The minimum Gasteiger partial charge on any atom is -0.497 e. The van der Waals surface area contributed by atoms with Crippen molar-refractivity contribution in [2.75, 3.05) is 7.11 Å². The molecular weight excluding hydrogens is 340 g/mol. The van der Waals surface area contributed by atoms with Crippen LogP contribution in [0.4, 0.5) is 0 Å². The summed E-state index contributed by atoms with van der Waals surface area (Å²) < 4.78 is 6.31. The van der Waals surface area contributed by atoms with E-state index in [1.807, 2.05) is 0 Å². The van der Waals surface area contributed by atoms with Crippen LogP contribution < -0.4 is 20.2 Å². The van der Waals surface area contributed by atoms with Crippen LogP contribution in [-0.4, -0.2) is 22.7 Å². The summed E-state index contributed by atoms with van der Waals surface area (Å²) in [5.74, 6) is -0.185. The van der Waals surface area contributed by atoms with E-state index < -0.39 is 10.8 Å². The average Bonchev–Trinajstić information content (AvgIpc) is 3.10. The number of hydrogen-bond acceptors (Lipinski definition) is 5. The molecule has 0 atom stereocenters. The summed E-state index contributed by atoms with van der Waals surface area (Å²) in [4.78, 5) is 28.6. The van der Waals surface area contributed by atoms with Gasteiger partial charge in [-0.05, 0) is 18.2 Å². The number of carbonyl (C=O) groups excluding carboxylic acids is 1. The van der Waals surface area contributed by atoms with Gasteiger partial charge in [-0.2, -0.15) is 0 Å². The van der Waals surface area contributed by atoms with Crippen molar-refractivity contribution in [1.29, 1.82) is 0 Å². The fourth-order valence-electron chi connectivity index (χ4n) is 2.79. The van der Waals surface area contributed by atoms with E-state index in [1.54, 1.807) is 48.5 Å². The van der Waals surface area contributed by atoms with E-state index in [0.29, 0.717) is 22.0 Å². The summed E-state index contributed by atoms with van der Waals surface area (Å²) in [6.45, 7) is 0. The number of aromatic hydroxyl groups is 1. The Balaban J connectivity index is 1.98. The van der Waals surface area contributed by atoms with Gasteiger partial charge in [-0.3, -0.25) is 9.59 Å². The molecule has 1 aromatic heterocycles. The second-order valence-corrected chi connectivity index (χ2v) is 6.33. The Morgan fingerprint density at radius 3 is 2.72 bits per heavy atom. The lowest BCUT2D eigenvalue weighted by Gasteiger charge is -2.06. The molecule has 0 fully saturated rings. The van der Waals surface area contributed by atoms with Gasteiger partial charge in [-0.1, -0.05) is 35.6 Å². The van der Waals surface area contributed by atoms with Crippen LogP contribution in [0, 0.1) is 0 Å². The van der Waals surface area contributed by atoms with Gasteiger partial charge in [0, 0.05) is 11.3 Å². The molecule has 1 aliphatic heterocycles. The lowest BCUT2D eigenvalue weighted by Crippen LogP contribution is -2.22. The third kappa shape index (κ3) is 2.36. The molecule has 4 rings (SSSR count). The van der Waals surface area contributed by atoms with Crippen molar-refractivity contribution < 1.29 is 14.6 Å². The van der Waals surface area contributed by atoms with Gasteiger partial charge in [0.1, 0.15) is 10.6 Å². The van der Waals surface area contributed by atoms with Crippen LogP contribution in [0.2, 0.25) is 0 Å². The number of ether oxygens (including phenoxy) is 1. The van der Waals surface area contributed by atoms with E-state index in [4.69, 9.17) is 4.74 Å². The molecule has 1 amide bonds. The first-order chi connectivity index (χ1) is 12.1. The third-order valence-corrected chi connectivity index (χ3v) is 4.88. The minimum atomic E-state index is -0.462. The van der Waals surface area contributed by atoms with E-state index in [1.165, 1.54) is 7.11 Å². The lowest BCUT2D eigenvalue weighted by molar-refractivity contribution is -0.112. The number of hydrogen-bond donors (Lipinski definition) is 1. The highest BCUT2D eigenvalue weighted by Gasteiger charge is 2.26. The maximum absolute atomic E-state index is 12.5. The Labute approximate surface area is 145 Å². The zero-order valence-electron chi connectivity index (χ0n) is 13.1. The molecule has 124 valence electrons. The fourth-order valence-corrected chi connectivity index (χ4v) is 3.73. The highest BCUT2D eigenvalue weighted by Crippen LogP contribution is 2.31. The molecule has 0 spiro atoms. The Morgan fingerprint density at radius 1 is 1.12 bits per heavy atom. The molecule has 0 radical (unpaired) electrons. The Bertz CT molecular complexity index is 1190. The number of methoxy groups -OCH3 is 1. The zero-order chi connectivity index (χ0) is 17.6. The van der Waals surface area contributed by atoms with Gasteiger partial charge in [-0.25, -0.2) is 9.56 Å². The first-order valence-corrected chi connectivity index (χ1v) is 8.24. The Hall–Kier alpha value is -3.19. The monoisotopic (exact) mass is 352 g/mol. The molecule has 7 heteroatoms. The minimum absolute atomic E-state index is 0.214. The summed E-state index contributed by atoms with van der Waals surface area (Å²) in [7, 11) is 1.52. The van der Waals surface area contributed by atoms with Crippen LogP contribution in [0.3, 0.4) is 0 Å². The van der Waals surface area contributed by atoms with Gasteiger partial charge >= 0.3 is 4.87 Å². The topological polar surface area (TPSA) is 80.9 Å². The smallest absolute Gasteiger partial charge is 0.315 e. The van der Waals surface area contributed by atoms with Crippen LogP contribution in [0.15, 0.2) is 58.3 Å². The first kappa shape index (κ1) is 15.3. The molecule has 0 bridgehead atoms. The summed E-state index contributed by atoms with van der Waals surface area (Å²) >= 11 is 0.813. The number of fused-ring (bicyclic) bond motifs is 1. The zero-order valence-corrected chi connectivity index (χ0v) is 13.9. The van der Waals surface area contributed by atoms with Crippen LogP contribution >= 0.6 is 11.3 Å². The predicted molar refractivity (Wildman–Crippen MR) is 92.9 cm³/mol. The van der Waals surface area contributed by atoms with E-state index in [9.17, 15) is 14.7 Å². The number of aromatic nitrogens is 1. The predicted octanol–water partition coefficient (Wildman–Crippen LogP) is 0.972. The SMILES string of the molecule is COc1cccc(-n2c(O)c(C3=c4ccccc4=NC3=O)sc2=O)c1. The van der Waals surface area contributed by atoms with E-state index in [2.05, 4.69) is 4.99 Å². The number of carbonyl (C=O) groups is 1. The second kappa shape index (κ2) is 5.71. The van der Waals surface area contributed by atoms with Crippen molar-refractivity contribution in [2.45, 2.75) is 0 Å². The van der Waals surface area contributed by atoms with Gasteiger partial charge in [0.15, 0.2) is 0 Å². The third-order valence-electron chi connectivity index (χ3n) is 3.93. The number of nitrogens with zero attached hydrogens (tertiary/aromatic N) is 2. The van der Waals surface area contributed by atoms with Crippen molar-refractivity contribution in [3.8, 4) is 17.3 Å². The molecule has 0 aliphatic carbocycles. The van der Waals surface area contributed by atoms with Crippen molar-refractivity contribution >= 4 is 22.8 Å². The molecule has 3 aromatic rings. The Morgan fingerprint density at radius 2 is 1.92 bits per heavy atom. The normalized spacial score (nSPS) is 12.8. The van der Waals surface area contributed by atoms with Gasteiger partial charge in [-0.15, -0.1) is 0 Å². The molecule has 1 aliphatic rings. The Kier molecular flexibility index (Phi) is 3.51. The highest BCUT2D eigenvalue weighted by molar-refractivity contribution is 7.11. The van der Waals surface area contributed by atoms with Gasteiger partial charge in [0.25, 0.3) is 5.91 Å². The van der Waals surface area contributed by atoms with Crippen molar-refractivity contribution in [3.63, 3.8) is 0 Å². The van der Waals surface area contributed by atoms with Gasteiger partial charge < -0.3 is 9.84 Å². The molecule has 1 N–H and O–H groups in total. The maximum Gasteiger partial charge on any atom is 0.315 e. The molecule has 0 unspecified atom stereocenters. The summed E-state index contributed by atoms with van der Waals surface area (Å²) in [6.07, 6.45) is 0. The molecule has 0 saturated heterocycles. The number of amides is 1. The molecule has 25 heavy (non-hydrogen) atoms. The second-order valence-electron chi connectivity index (χ2n) is 5.37. The van der Waals surface area contributed by atoms with E-state index in [-0.39, 0.29) is 16.3 Å². The lowest BCUT2D eigenvalue weighted by atomic mass is 10.1. The van der Waals surface area contributed by atoms with Crippen molar-refractivity contribution in [3.05, 3.63) is 73.7 Å². The summed E-state index contributed by atoms with van der Waals surface area (Å²) in [5.41, 5.74) is 0.706. The molecule has 2 aromatic carbocycles. The van der Waals surface area contributed by atoms with Crippen LogP contribution in [0.25, 0.3) is 11.3 Å². The van der Waals surface area contributed by atoms with Gasteiger partial charge in [0.2, 0.25) is 5.88 Å². The van der Waals surface area contributed by atoms with E-state index in [0.717, 1.165) is 15.9 Å². The van der Waals surface area contributed by atoms with Crippen LogP contribution in [0.5, 0.6) is 11.6 Å². The average molecular weight is 352 g/mol. The maximum atomic E-state index is 12.5. The molecule has 6 nitrogen and oxygen atoms in total. The number of para-hydroxylation sites is 1. The summed E-state index contributed by atoms with van der Waals surface area (Å²) in [6, 6.07) is 13.8. The molecular formula is C18H12N2O4S. The molecule has 2 heterocycles.